The predicted molar refractivity (Wildman–Crippen MR) is 257 cm³/mol. The van der Waals surface area contributed by atoms with Crippen LogP contribution in [0.4, 0.5) is 34.1 Å². The lowest BCUT2D eigenvalue weighted by molar-refractivity contribution is -0.432. The van der Waals surface area contributed by atoms with Gasteiger partial charge in [-0.3, -0.25) is 23.7 Å². The van der Waals surface area contributed by atoms with E-state index in [1.807, 2.05) is 0 Å². The summed E-state index contributed by atoms with van der Waals surface area (Å²) in [4.78, 5) is 28.8. The Hall–Kier alpha value is -6.81. The molecular formula is C41H29Cl2N7O18S4. The molecule has 0 saturated heterocycles. The molecule has 1 heterocycles. The number of aromatic hydroxyl groups is 2. The fourth-order valence-corrected chi connectivity index (χ4v) is 9.20. The number of pyridine rings is 1. The zero-order valence-electron chi connectivity index (χ0n) is 35.9. The van der Waals surface area contributed by atoms with E-state index in [1.54, 1.807) is 0 Å². The molecule has 0 atom stereocenters. The maximum absolute atomic E-state index is 13.5. The SMILES string of the molecule is COc1cc(N=Nc2c(S(=O)(=O)O)cc3cc(SOOO)cc(NC(=O)c4cccc(Cl)c4Cl)c3c2O)c(OC)cc1N=Nc1c(SOOO)cc2cc(S(=O)(=O)O)cc(NC(=O)c3cccnc3)c2c1O. The van der Waals surface area contributed by atoms with Crippen molar-refractivity contribution in [2.75, 3.05) is 24.9 Å². The Bertz CT molecular complexity index is 3600. The number of fused-ring (bicyclic) bond motifs is 2. The van der Waals surface area contributed by atoms with Gasteiger partial charge in [0, 0.05) is 40.2 Å². The summed E-state index contributed by atoms with van der Waals surface area (Å²) < 4.78 is 90.7. The molecule has 374 valence electrons. The van der Waals surface area contributed by atoms with Gasteiger partial charge in [0.2, 0.25) is 0 Å². The fourth-order valence-electron chi connectivity index (χ4n) is 6.66. The smallest absolute Gasteiger partial charge is 0.296 e. The van der Waals surface area contributed by atoms with Crippen LogP contribution < -0.4 is 20.1 Å². The molecule has 0 aliphatic heterocycles. The minimum absolute atomic E-state index is 0.0341. The Kier molecular flexibility index (Phi) is 16.4. The van der Waals surface area contributed by atoms with Crippen LogP contribution in [-0.4, -0.2) is 77.7 Å². The van der Waals surface area contributed by atoms with E-state index in [9.17, 15) is 45.7 Å². The number of nitrogens with zero attached hydrogens (tertiary/aromatic N) is 5. The largest absolute Gasteiger partial charge is 0.505 e. The van der Waals surface area contributed by atoms with Crippen LogP contribution in [0.1, 0.15) is 20.7 Å². The standard InChI is InChI=1S/C41H29Cl2N7O18S4/c1-63-29-16-26(48-50-37-32(72(60,61)62)12-19-9-21(69-67-65-55)13-27(33(19)39(37)52)46-41(54)23-6-3-7-24(42)35(23)43)30(64-2)15-25(29)47-49-36-31(70-68-66-56)11-20-10-22(71(57,58)59)14-28(34(20)38(36)51)45-40(53)18-5-4-8-44-17-18/h3-17,51-52,55-56H,1-2H3,(H,45,53)(H,46,54)(H,57,58,59)(H,60,61,62). The Balaban J connectivity index is 1.34. The van der Waals surface area contributed by atoms with Crippen LogP contribution in [0, 0.1) is 0 Å². The molecule has 7 aromatic rings. The second-order valence-electron chi connectivity index (χ2n) is 14.0. The van der Waals surface area contributed by atoms with E-state index in [4.69, 9.17) is 43.2 Å². The Labute approximate surface area is 422 Å². The lowest BCUT2D eigenvalue weighted by atomic mass is 10.1. The maximum atomic E-state index is 13.5. The summed E-state index contributed by atoms with van der Waals surface area (Å²) in [5.41, 5.74) is -2.22. The molecule has 6 aromatic carbocycles. The van der Waals surface area contributed by atoms with Crippen LogP contribution in [-0.2, 0) is 39.0 Å². The van der Waals surface area contributed by atoms with Gasteiger partial charge in [-0.2, -0.15) is 16.8 Å². The van der Waals surface area contributed by atoms with E-state index < -0.39 is 64.7 Å². The number of halogens is 2. The van der Waals surface area contributed by atoms with Crippen LogP contribution in [0.3, 0.4) is 0 Å². The Morgan fingerprint density at radius 3 is 1.88 bits per heavy atom. The van der Waals surface area contributed by atoms with Crippen molar-refractivity contribution in [3.63, 3.8) is 0 Å². The van der Waals surface area contributed by atoms with E-state index >= 15 is 0 Å². The number of ether oxygens (including phenoxy) is 2. The highest BCUT2D eigenvalue weighted by Gasteiger charge is 2.27. The monoisotopic (exact) mass is 1100 g/mol. The number of phenols is 2. The first-order valence-corrected chi connectivity index (χ1v) is 24.4. The first-order valence-electron chi connectivity index (χ1n) is 19.3. The second kappa shape index (κ2) is 22.3. The molecule has 8 N–H and O–H groups in total. The summed E-state index contributed by atoms with van der Waals surface area (Å²) in [6, 6.07) is 15.9. The predicted octanol–water partition coefficient (Wildman–Crippen LogP) is 10.8. The third kappa shape index (κ3) is 11.6. The first kappa shape index (κ1) is 53.0. The highest BCUT2D eigenvalue weighted by molar-refractivity contribution is 7.95. The number of carbonyl (C=O) groups is 2. The molecule has 72 heavy (non-hydrogen) atoms. The number of rotatable bonds is 18. The first-order chi connectivity index (χ1) is 34.3. The third-order valence-electron chi connectivity index (χ3n) is 9.75. The van der Waals surface area contributed by atoms with Crippen LogP contribution in [0.5, 0.6) is 23.0 Å². The van der Waals surface area contributed by atoms with Gasteiger partial charge < -0.3 is 30.3 Å². The average molecular weight is 1110 g/mol. The van der Waals surface area contributed by atoms with Gasteiger partial charge >= 0.3 is 0 Å². The van der Waals surface area contributed by atoms with E-state index in [-0.39, 0.29) is 98.8 Å². The molecule has 2 amide bonds. The minimum Gasteiger partial charge on any atom is -0.505 e. The zero-order chi connectivity index (χ0) is 52.1. The van der Waals surface area contributed by atoms with E-state index in [0.717, 1.165) is 18.2 Å². The van der Waals surface area contributed by atoms with Gasteiger partial charge in [-0.25, -0.2) is 10.5 Å². The molecule has 1 aromatic heterocycles. The summed E-state index contributed by atoms with van der Waals surface area (Å²) in [5.74, 6) is -3.61. The zero-order valence-corrected chi connectivity index (χ0v) is 40.6. The topological polar surface area (TPSA) is 366 Å². The van der Waals surface area contributed by atoms with Crippen molar-refractivity contribution >= 4 is 135 Å². The van der Waals surface area contributed by atoms with E-state index in [2.05, 4.69) is 54.8 Å². The van der Waals surface area contributed by atoms with E-state index in [1.165, 1.54) is 87.3 Å². The number of hydrogen-bond donors (Lipinski definition) is 8. The maximum Gasteiger partial charge on any atom is 0.296 e. The molecule has 0 radical (unpaired) electrons. The molecule has 0 spiro atoms. The number of methoxy groups -OCH3 is 2. The molecule has 0 unspecified atom stereocenters. The van der Waals surface area contributed by atoms with Gasteiger partial charge in [0.25, 0.3) is 32.1 Å². The van der Waals surface area contributed by atoms with Crippen LogP contribution >= 0.6 is 47.3 Å². The van der Waals surface area contributed by atoms with Crippen molar-refractivity contribution in [1.29, 1.82) is 0 Å². The van der Waals surface area contributed by atoms with Crippen molar-refractivity contribution < 1.29 is 84.5 Å². The van der Waals surface area contributed by atoms with Crippen molar-refractivity contribution in [3.05, 3.63) is 112 Å². The molecule has 0 aliphatic carbocycles. The van der Waals surface area contributed by atoms with Crippen molar-refractivity contribution in [3.8, 4) is 23.0 Å². The number of azo groups is 2. The second-order valence-corrected chi connectivity index (χ2v) is 19.1. The summed E-state index contributed by atoms with van der Waals surface area (Å²) in [7, 11) is -7.74. The van der Waals surface area contributed by atoms with Gasteiger partial charge in [0.05, 0.1) is 80.6 Å². The Morgan fingerprint density at radius 2 is 1.28 bits per heavy atom. The number of carbonyl (C=O) groups excluding carboxylic acids is 2. The highest BCUT2D eigenvalue weighted by atomic mass is 35.5. The number of nitrogens with one attached hydrogen (secondary N) is 2. The highest BCUT2D eigenvalue weighted by Crippen LogP contribution is 2.50. The summed E-state index contributed by atoms with van der Waals surface area (Å²) in [6.45, 7) is 0. The third-order valence-corrected chi connectivity index (χ3v) is 13.4. The molecule has 0 fully saturated rings. The van der Waals surface area contributed by atoms with Crippen LogP contribution in [0.2, 0.25) is 10.0 Å². The van der Waals surface area contributed by atoms with E-state index in [0.29, 0.717) is 12.0 Å². The molecular weight excluding hydrogens is 1080 g/mol. The van der Waals surface area contributed by atoms with Crippen molar-refractivity contribution in [2.24, 2.45) is 20.5 Å². The number of amides is 2. The molecule has 7 rings (SSSR count). The summed E-state index contributed by atoms with van der Waals surface area (Å²) in [5, 5.41) is 69.3. The van der Waals surface area contributed by atoms with Gasteiger partial charge in [-0.1, -0.05) is 39.3 Å². The molecule has 0 bridgehead atoms. The number of phenolic OH excluding ortho intramolecular Hbond substituents is 2. The van der Waals surface area contributed by atoms with Gasteiger partial charge in [0.1, 0.15) is 39.1 Å². The number of aromatic nitrogens is 1. The fraction of sp³-hybridized carbons (Fsp3) is 0.0488. The number of hydrogen-bond acceptors (Lipinski definition) is 23. The van der Waals surface area contributed by atoms with Crippen molar-refractivity contribution in [1.82, 2.24) is 4.98 Å². The van der Waals surface area contributed by atoms with Gasteiger partial charge in [0.15, 0.2) is 11.5 Å². The Morgan fingerprint density at radius 1 is 0.681 bits per heavy atom. The molecule has 25 nitrogen and oxygen atoms in total. The number of benzene rings is 6. The van der Waals surface area contributed by atoms with Crippen LogP contribution in [0.15, 0.2) is 131 Å². The quantitative estimate of drug-likeness (QED) is 0.0130. The molecule has 0 saturated carbocycles. The number of anilines is 2. The van der Waals surface area contributed by atoms with Crippen molar-refractivity contribution in [2.45, 2.75) is 19.6 Å². The summed E-state index contributed by atoms with van der Waals surface area (Å²) in [6.07, 6.45) is 2.62. The average Bonchev–Trinajstić information content (AvgIpc) is 3.34. The van der Waals surface area contributed by atoms with Gasteiger partial charge in [-0.15, -0.1) is 29.1 Å². The summed E-state index contributed by atoms with van der Waals surface area (Å²) >= 11 is 13.1. The van der Waals surface area contributed by atoms with Crippen LogP contribution in [0.25, 0.3) is 21.5 Å². The molecule has 31 heteroatoms. The lowest BCUT2D eigenvalue weighted by Crippen LogP contribution is -2.13. The normalized spacial score (nSPS) is 12.0. The van der Waals surface area contributed by atoms with Gasteiger partial charge in [-0.05, 0) is 71.4 Å². The minimum atomic E-state index is -5.23. The molecule has 0 aliphatic rings. The lowest BCUT2D eigenvalue weighted by Gasteiger charge is -2.15.